The minimum Gasteiger partial charge on any atom is -0.352 e. The Morgan fingerprint density at radius 1 is 1.44 bits per heavy atom. The van der Waals surface area contributed by atoms with E-state index in [1.807, 2.05) is 0 Å². The second kappa shape index (κ2) is 5.66. The molecule has 0 radical (unpaired) electrons. The van der Waals surface area contributed by atoms with E-state index >= 15 is 0 Å². The van der Waals surface area contributed by atoms with Crippen molar-refractivity contribution in [2.75, 3.05) is 17.3 Å². The summed E-state index contributed by atoms with van der Waals surface area (Å²) < 4.78 is 22.5. The van der Waals surface area contributed by atoms with Crippen molar-refractivity contribution >= 4 is 27.5 Å². The fourth-order valence-electron chi connectivity index (χ4n) is 1.67. The molecule has 1 aromatic rings. The molecule has 1 atom stereocenters. The first-order valence-corrected chi connectivity index (χ1v) is 8.25. The van der Waals surface area contributed by atoms with Crippen LogP contribution in [-0.4, -0.2) is 47.6 Å². The van der Waals surface area contributed by atoms with Crippen molar-refractivity contribution in [1.82, 2.24) is 15.3 Å². The standard InChI is InChI=1S/C10H13N3O3S2/c14-9(6-17-10-11-3-1-4-12-10)13-8-2-5-18(15,16)7-8/h1,3-4,8H,2,5-7H2,(H,13,14)/t8-/m0/s1. The lowest BCUT2D eigenvalue weighted by molar-refractivity contribution is -0.119. The van der Waals surface area contributed by atoms with Crippen molar-refractivity contribution in [3.63, 3.8) is 0 Å². The maximum absolute atomic E-state index is 11.6. The van der Waals surface area contributed by atoms with Crippen LogP contribution in [0.3, 0.4) is 0 Å². The summed E-state index contributed by atoms with van der Waals surface area (Å²) in [4.78, 5) is 19.6. The van der Waals surface area contributed by atoms with Gasteiger partial charge in [-0.05, 0) is 12.5 Å². The molecule has 6 nitrogen and oxygen atoms in total. The molecule has 1 fully saturated rings. The predicted octanol–water partition coefficient (Wildman–Crippen LogP) is -0.128. The highest BCUT2D eigenvalue weighted by Crippen LogP contribution is 2.13. The molecular formula is C10H13N3O3S2. The molecule has 0 saturated carbocycles. The zero-order valence-electron chi connectivity index (χ0n) is 9.57. The summed E-state index contributed by atoms with van der Waals surface area (Å²) in [6, 6.07) is 1.45. The highest BCUT2D eigenvalue weighted by atomic mass is 32.2. The van der Waals surface area contributed by atoms with E-state index in [9.17, 15) is 13.2 Å². The zero-order valence-corrected chi connectivity index (χ0v) is 11.2. The first kappa shape index (κ1) is 13.3. The maximum Gasteiger partial charge on any atom is 0.230 e. The first-order valence-electron chi connectivity index (χ1n) is 5.45. The summed E-state index contributed by atoms with van der Waals surface area (Å²) in [5, 5.41) is 3.24. The number of rotatable bonds is 4. The summed E-state index contributed by atoms with van der Waals surface area (Å²) in [5.74, 6) is 0.216. The van der Waals surface area contributed by atoms with Crippen LogP contribution >= 0.6 is 11.8 Å². The second-order valence-corrected chi connectivity index (χ2v) is 7.16. The normalized spacial score (nSPS) is 21.7. The van der Waals surface area contributed by atoms with Crippen LogP contribution in [-0.2, 0) is 14.6 Å². The Labute approximate surface area is 110 Å². The van der Waals surface area contributed by atoms with Crippen LogP contribution in [0.5, 0.6) is 0 Å². The van der Waals surface area contributed by atoms with E-state index in [2.05, 4.69) is 15.3 Å². The summed E-state index contributed by atoms with van der Waals surface area (Å²) in [6.07, 6.45) is 3.72. The van der Waals surface area contributed by atoms with Crippen LogP contribution in [0.4, 0.5) is 0 Å². The van der Waals surface area contributed by atoms with Gasteiger partial charge in [0.2, 0.25) is 5.91 Å². The number of amides is 1. The van der Waals surface area contributed by atoms with Gasteiger partial charge in [0.15, 0.2) is 15.0 Å². The predicted molar refractivity (Wildman–Crippen MR) is 68.0 cm³/mol. The lowest BCUT2D eigenvalue weighted by Gasteiger charge is -2.09. The summed E-state index contributed by atoms with van der Waals surface area (Å²) >= 11 is 1.23. The van der Waals surface area contributed by atoms with Gasteiger partial charge in [-0.15, -0.1) is 0 Å². The number of hydrogen-bond acceptors (Lipinski definition) is 6. The molecule has 0 aromatic carbocycles. The Hall–Kier alpha value is -1.15. The van der Waals surface area contributed by atoms with Gasteiger partial charge in [0, 0.05) is 18.4 Å². The third-order valence-corrected chi connectivity index (χ3v) is 5.12. The highest BCUT2D eigenvalue weighted by Gasteiger charge is 2.28. The van der Waals surface area contributed by atoms with Gasteiger partial charge in [0.1, 0.15) is 0 Å². The molecule has 2 rings (SSSR count). The smallest absolute Gasteiger partial charge is 0.230 e. The van der Waals surface area contributed by atoms with Crippen molar-refractivity contribution in [1.29, 1.82) is 0 Å². The Bertz CT molecular complexity index is 518. The minimum absolute atomic E-state index is 0.0469. The molecule has 1 N–H and O–H groups in total. The topological polar surface area (TPSA) is 89.0 Å². The average Bonchev–Trinajstić information content (AvgIpc) is 2.67. The fraction of sp³-hybridized carbons (Fsp3) is 0.500. The number of nitrogens with one attached hydrogen (secondary N) is 1. The fourth-order valence-corrected chi connectivity index (χ4v) is 3.96. The summed E-state index contributed by atoms with van der Waals surface area (Å²) in [7, 11) is -2.95. The number of aromatic nitrogens is 2. The zero-order chi connectivity index (χ0) is 13.0. The molecular weight excluding hydrogens is 274 g/mol. The Balaban J connectivity index is 1.76. The van der Waals surface area contributed by atoms with Crippen LogP contribution in [0.25, 0.3) is 0 Å². The van der Waals surface area contributed by atoms with Crippen LogP contribution in [0.2, 0.25) is 0 Å². The van der Waals surface area contributed by atoms with Gasteiger partial charge in [0.05, 0.1) is 17.3 Å². The van der Waals surface area contributed by atoms with Crippen LogP contribution in [0.15, 0.2) is 23.6 Å². The van der Waals surface area contributed by atoms with Crippen LogP contribution < -0.4 is 5.32 Å². The van der Waals surface area contributed by atoms with E-state index in [1.54, 1.807) is 18.5 Å². The van der Waals surface area contributed by atoms with Gasteiger partial charge < -0.3 is 5.32 Å². The van der Waals surface area contributed by atoms with Crippen LogP contribution in [0.1, 0.15) is 6.42 Å². The average molecular weight is 287 g/mol. The molecule has 18 heavy (non-hydrogen) atoms. The molecule has 0 unspecified atom stereocenters. The Morgan fingerprint density at radius 3 is 2.78 bits per heavy atom. The third kappa shape index (κ3) is 3.95. The van der Waals surface area contributed by atoms with Crippen molar-refractivity contribution < 1.29 is 13.2 Å². The number of carbonyl (C=O) groups excluding carboxylic acids is 1. The monoisotopic (exact) mass is 287 g/mol. The molecule has 1 aromatic heterocycles. The van der Waals surface area contributed by atoms with Gasteiger partial charge >= 0.3 is 0 Å². The van der Waals surface area contributed by atoms with E-state index in [1.165, 1.54) is 11.8 Å². The van der Waals surface area contributed by atoms with Gasteiger partial charge in [-0.3, -0.25) is 4.79 Å². The van der Waals surface area contributed by atoms with Crippen molar-refractivity contribution in [3.8, 4) is 0 Å². The number of sulfone groups is 1. The van der Waals surface area contributed by atoms with Gasteiger partial charge in [-0.1, -0.05) is 11.8 Å². The SMILES string of the molecule is O=C(CSc1ncccn1)N[C@H]1CCS(=O)(=O)C1. The second-order valence-electron chi connectivity index (χ2n) is 3.99. The molecule has 8 heteroatoms. The molecule has 1 amide bonds. The van der Waals surface area contributed by atoms with Crippen molar-refractivity contribution in [2.45, 2.75) is 17.6 Å². The Kier molecular flexibility index (Phi) is 4.18. The molecule has 0 bridgehead atoms. The highest BCUT2D eigenvalue weighted by molar-refractivity contribution is 7.99. The van der Waals surface area contributed by atoms with E-state index < -0.39 is 9.84 Å². The molecule has 1 saturated heterocycles. The number of nitrogens with zero attached hydrogens (tertiary/aromatic N) is 2. The van der Waals surface area contributed by atoms with Crippen molar-refractivity contribution in [2.24, 2.45) is 0 Å². The lowest BCUT2D eigenvalue weighted by Crippen LogP contribution is -2.36. The van der Waals surface area contributed by atoms with E-state index in [-0.39, 0.29) is 29.2 Å². The molecule has 0 aliphatic carbocycles. The van der Waals surface area contributed by atoms with E-state index in [0.29, 0.717) is 11.6 Å². The van der Waals surface area contributed by atoms with Gasteiger partial charge in [-0.2, -0.15) is 0 Å². The molecule has 1 aliphatic heterocycles. The molecule has 0 spiro atoms. The number of hydrogen-bond donors (Lipinski definition) is 1. The maximum atomic E-state index is 11.6. The molecule has 98 valence electrons. The summed E-state index contributed by atoms with van der Waals surface area (Å²) in [5.41, 5.74) is 0. The van der Waals surface area contributed by atoms with E-state index in [4.69, 9.17) is 0 Å². The number of carbonyl (C=O) groups is 1. The Morgan fingerprint density at radius 2 is 2.17 bits per heavy atom. The van der Waals surface area contributed by atoms with E-state index in [0.717, 1.165) is 0 Å². The summed E-state index contributed by atoms with van der Waals surface area (Å²) in [6.45, 7) is 0. The number of thioether (sulfide) groups is 1. The van der Waals surface area contributed by atoms with Gasteiger partial charge in [-0.25, -0.2) is 18.4 Å². The van der Waals surface area contributed by atoms with Gasteiger partial charge in [0.25, 0.3) is 0 Å². The quantitative estimate of drug-likeness (QED) is 0.613. The largest absolute Gasteiger partial charge is 0.352 e. The van der Waals surface area contributed by atoms with Crippen LogP contribution in [0, 0.1) is 0 Å². The lowest BCUT2D eigenvalue weighted by atomic mass is 10.3. The third-order valence-electron chi connectivity index (χ3n) is 2.47. The molecule has 1 aliphatic rings. The minimum atomic E-state index is -2.95. The first-order chi connectivity index (χ1) is 8.55. The molecule has 2 heterocycles. The van der Waals surface area contributed by atoms with Crippen molar-refractivity contribution in [3.05, 3.63) is 18.5 Å².